The quantitative estimate of drug-likeness (QED) is 0.562. The molecule has 20 heavy (non-hydrogen) atoms. The van der Waals surface area contributed by atoms with Gasteiger partial charge in [0.1, 0.15) is 0 Å². The molecule has 0 aromatic heterocycles. The predicted octanol–water partition coefficient (Wildman–Crippen LogP) is -0.0684. The van der Waals surface area contributed by atoms with Crippen LogP contribution >= 0.6 is 0 Å². The summed E-state index contributed by atoms with van der Waals surface area (Å²) in [5.41, 5.74) is 0.637. The number of carbonyl (C=O) groups is 2. The van der Waals surface area contributed by atoms with Crippen molar-refractivity contribution >= 4 is 17.6 Å². The molecule has 0 aliphatic heterocycles. The SMILES string of the molecule is COCC(CO)NC(=O)CNC(=O)Nc1ccccc1. The van der Waals surface area contributed by atoms with Crippen LogP contribution in [0, 0.1) is 0 Å². The first kappa shape index (κ1) is 15.9. The number of aliphatic hydroxyl groups excluding tert-OH is 1. The largest absolute Gasteiger partial charge is 0.394 e. The van der Waals surface area contributed by atoms with Crippen LogP contribution < -0.4 is 16.0 Å². The zero-order chi connectivity index (χ0) is 14.8. The normalized spacial score (nSPS) is 11.5. The molecule has 0 bridgehead atoms. The lowest BCUT2D eigenvalue weighted by atomic mass is 10.3. The third kappa shape index (κ3) is 6.17. The molecule has 1 unspecified atom stereocenters. The lowest BCUT2D eigenvalue weighted by molar-refractivity contribution is -0.121. The van der Waals surface area contributed by atoms with E-state index >= 15 is 0 Å². The topological polar surface area (TPSA) is 99.7 Å². The van der Waals surface area contributed by atoms with Crippen molar-refractivity contribution in [1.82, 2.24) is 10.6 Å². The highest BCUT2D eigenvalue weighted by Gasteiger charge is 2.11. The third-order valence-electron chi connectivity index (χ3n) is 2.39. The standard InChI is InChI=1S/C13H19N3O4/c1-20-9-11(8-17)15-12(18)7-14-13(19)16-10-5-3-2-4-6-10/h2-6,11,17H,7-9H2,1H3,(H,15,18)(H2,14,16,19). The summed E-state index contributed by atoms with van der Waals surface area (Å²) in [5.74, 6) is -0.399. The molecule has 0 aliphatic carbocycles. The monoisotopic (exact) mass is 281 g/mol. The lowest BCUT2D eigenvalue weighted by Crippen LogP contribution is -2.46. The van der Waals surface area contributed by atoms with Gasteiger partial charge >= 0.3 is 6.03 Å². The smallest absolute Gasteiger partial charge is 0.319 e. The van der Waals surface area contributed by atoms with Crippen molar-refractivity contribution < 1.29 is 19.4 Å². The highest BCUT2D eigenvalue weighted by atomic mass is 16.5. The second-order valence-electron chi connectivity index (χ2n) is 4.08. The Bertz CT molecular complexity index is 425. The van der Waals surface area contributed by atoms with Crippen LogP contribution in [0.3, 0.4) is 0 Å². The summed E-state index contributed by atoms with van der Waals surface area (Å²) in [6, 6.07) is 7.93. The minimum absolute atomic E-state index is 0.182. The van der Waals surface area contributed by atoms with E-state index in [1.54, 1.807) is 24.3 Å². The van der Waals surface area contributed by atoms with Gasteiger partial charge in [0.15, 0.2) is 0 Å². The first-order valence-electron chi connectivity index (χ1n) is 6.14. The summed E-state index contributed by atoms with van der Waals surface area (Å²) in [4.78, 5) is 23.0. The fraction of sp³-hybridized carbons (Fsp3) is 0.385. The van der Waals surface area contributed by atoms with Gasteiger partial charge in [0, 0.05) is 12.8 Å². The van der Waals surface area contributed by atoms with Crippen molar-refractivity contribution in [3.05, 3.63) is 30.3 Å². The molecule has 0 fully saturated rings. The number of urea groups is 1. The highest BCUT2D eigenvalue weighted by molar-refractivity contribution is 5.92. The Kier molecular flexibility index (Phi) is 7.08. The zero-order valence-electron chi connectivity index (χ0n) is 11.3. The van der Waals surface area contributed by atoms with E-state index in [-0.39, 0.29) is 19.8 Å². The molecule has 110 valence electrons. The molecule has 1 atom stereocenters. The van der Waals surface area contributed by atoms with Crippen LogP contribution in [0.1, 0.15) is 0 Å². The average molecular weight is 281 g/mol. The van der Waals surface area contributed by atoms with E-state index in [1.165, 1.54) is 7.11 Å². The van der Waals surface area contributed by atoms with Crippen LogP contribution in [0.25, 0.3) is 0 Å². The Morgan fingerprint density at radius 1 is 1.30 bits per heavy atom. The molecule has 0 aliphatic rings. The number of methoxy groups -OCH3 is 1. The van der Waals surface area contributed by atoms with Gasteiger partial charge in [-0.3, -0.25) is 4.79 Å². The number of amides is 3. The molecule has 7 nitrogen and oxygen atoms in total. The van der Waals surface area contributed by atoms with Crippen LogP contribution in [-0.2, 0) is 9.53 Å². The van der Waals surface area contributed by atoms with E-state index in [4.69, 9.17) is 9.84 Å². The number of hydrogen-bond donors (Lipinski definition) is 4. The number of ether oxygens (including phenoxy) is 1. The van der Waals surface area contributed by atoms with Gasteiger partial charge in [-0.2, -0.15) is 0 Å². The second kappa shape index (κ2) is 8.89. The Morgan fingerprint density at radius 2 is 2.00 bits per heavy atom. The molecule has 0 radical (unpaired) electrons. The molecule has 1 aromatic carbocycles. The summed E-state index contributed by atoms with van der Waals surface area (Å²) in [7, 11) is 1.47. The Morgan fingerprint density at radius 3 is 2.60 bits per heavy atom. The van der Waals surface area contributed by atoms with Crippen LogP contribution in [0.15, 0.2) is 30.3 Å². The fourth-order valence-corrected chi connectivity index (χ4v) is 1.48. The van der Waals surface area contributed by atoms with E-state index < -0.39 is 18.0 Å². The zero-order valence-corrected chi connectivity index (χ0v) is 11.3. The van der Waals surface area contributed by atoms with E-state index in [0.29, 0.717) is 5.69 Å². The number of carbonyl (C=O) groups excluding carboxylic acids is 2. The van der Waals surface area contributed by atoms with Crippen LogP contribution in [0.5, 0.6) is 0 Å². The molecule has 0 heterocycles. The average Bonchev–Trinajstić information content (AvgIpc) is 2.45. The van der Waals surface area contributed by atoms with E-state index in [9.17, 15) is 9.59 Å². The van der Waals surface area contributed by atoms with Gasteiger partial charge in [-0.25, -0.2) is 4.79 Å². The summed E-state index contributed by atoms with van der Waals surface area (Å²) in [5, 5.41) is 16.5. The maximum absolute atomic E-state index is 11.5. The van der Waals surface area contributed by atoms with Crippen LogP contribution in [-0.4, -0.2) is 50.0 Å². The maximum Gasteiger partial charge on any atom is 0.319 e. The van der Waals surface area contributed by atoms with E-state index in [2.05, 4.69) is 16.0 Å². The van der Waals surface area contributed by atoms with E-state index in [0.717, 1.165) is 0 Å². The molecule has 4 N–H and O–H groups in total. The predicted molar refractivity (Wildman–Crippen MR) is 74.4 cm³/mol. The van der Waals surface area contributed by atoms with Crippen molar-refractivity contribution in [3.63, 3.8) is 0 Å². The third-order valence-corrected chi connectivity index (χ3v) is 2.39. The van der Waals surface area contributed by atoms with Gasteiger partial charge in [-0.1, -0.05) is 18.2 Å². The van der Waals surface area contributed by atoms with Crippen LogP contribution in [0.2, 0.25) is 0 Å². The number of nitrogens with one attached hydrogen (secondary N) is 3. The summed E-state index contributed by atoms with van der Waals surface area (Å²) < 4.78 is 4.83. The fourth-order valence-electron chi connectivity index (χ4n) is 1.48. The van der Waals surface area contributed by atoms with Crippen molar-refractivity contribution in [2.75, 3.05) is 32.2 Å². The number of anilines is 1. The number of para-hydroxylation sites is 1. The molecular formula is C13H19N3O4. The summed E-state index contributed by atoms with van der Waals surface area (Å²) >= 11 is 0. The van der Waals surface area contributed by atoms with Crippen molar-refractivity contribution in [3.8, 4) is 0 Å². The molecule has 7 heteroatoms. The number of rotatable bonds is 7. The van der Waals surface area contributed by atoms with Gasteiger partial charge < -0.3 is 25.8 Å². The van der Waals surface area contributed by atoms with Crippen LogP contribution in [0.4, 0.5) is 10.5 Å². The van der Waals surface area contributed by atoms with Gasteiger partial charge in [-0.15, -0.1) is 0 Å². The minimum Gasteiger partial charge on any atom is -0.394 e. The van der Waals surface area contributed by atoms with Gasteiger partial charge in [0.25, 0.3) is 0 Å². The molecule has 0 saturated heterocycles. The second-order valence-corrected chi connectivity index (χ2v) is 4.08. The maximum atomic E-state index is 11.5. The molecule has 3 amide bonds. The van der Waals surface area contributed by atoms with Gasteiger partial charge in [0.2, 0.25) is 5.91 Å². The first-order chi connectivity index (χ1) is 9.65. The summed E-state index contributed by atoms with van der Waals surface area (Å²) in [6.07, 6.45) is 0. The summed E-state index contributed by atoms with van der Waals surface area (Å²) in [6.45, 7) is -0.201. The number of hydrogen-bond acceptors (Lipinski definition) is 4. The Hall–Kier alpha value is -2.12. The number of aliphatic hydroxyl groups is 1. The molecular weight excluding hydrogens is 262 g/mol. The van der Waals surface area contributed by atoms with E-state index in [1.807, 2.05) is 6.07 Å². The molecule has 0 saturated carbocycles. The molecule has 0 spiro atoms. The lowest BCUT2D eigenvalue weighted by Gasteiger charge is -2.15. The van der Waals surface area contributed by atoms with Crippen molar-refractivity contribution in [2.45, 2.75) is 6.04 Å². The first-order valence-corrected chi connectivity index (χ1v) is 6.14. The van der Waals surface area contributed by atoms with Gasteiger partial charge in [-0.05, 0) is 12.1 Å². The van der Waals surface area contributed by atoms with Gasteiger partial charge in [0.05, 0.1) is 25.8 Å². The Balaban J connectivity index is 2.28. The molecule has 1 rings (SSSR count). The Labute approximate surface area is 117 Å². The molecule has 1 aromatic rings. The number of benzene rings is 1. The highest BCUT2D eigenvalue weighted by Crippen LogP contribution is 2.03. The minimum atomic E-state index is -0.480. The van der Waals surface area contributed by atoms with Crippen molar-refractivity contribution in [1.29, 1.82) is 0 Å². The van der Waals surface area contributed by atoms with Crippen molar-refractivity contribution in [2.24, 2.45) is 0 Å².